The van der Waals surface area contributed by atoms with E-state index < -0.39 is 0 Å². The number of hydrogen-bond donors (Lipinski definition) is 1. The standard InChI is InChI=1S/C21H17BrClN5OS/c1-12(19-13(2)25-21(30-19)14-3-5-15(22)6-4-14)24-20(29)18-11-28(27-26-18)17-9-7-16(23)8-10-17/h3-12H,1-2H3,(H,24,29). The lowest BCUT2D eigenvalue weighted by molar-refractivity contribution is 0.0935. The lowest BCUT2D eigenvalue weighted by atomic mass is 10.2. The summed E-state index contributed by atoms with van der Waals surface area (Å²) in [6.45, 7) is 3.89. The van der Waals surface area contributed by atoms with E-state index in [0.717, 1.165) is 31.3 Å². The zero-order chi connectivity index (χ0) is 21.3. The van der Waals surface area contributed by atoms with Gasteiger partial charge >= 0.3 is 0 Å². The fourth-order valence-corrected chi connectivity index (χ4v) is 4.41. The van der Waals surface area contributed by atoms with Crippen LogP contribution in [-0.4, -0.2) is 25.9 Å². The number of carbonyl (C=O) groups excluding carboxylic acids is 1. The number of rotatable bonds is 5. The maximum absolute atomic E-state index is 12.7. The normalized spacial score (nSPS) is 12.0. The average Bonchev–Trinajstić information content (AvgIpc) is 3.36. The lowest BCUT2D eigenvalue weighted by Gasteiger charge is -2.11. The topological polar surface area (TPSA) is 72.7 Å². The fraction of sp³-hybridized carbons (Fsp3) is 0.143. The van der Waals surface area contributed by atoms with Crippen LogP contribution in [0.1, 0.15) is 34.0 Å². The van der Waals surface area contributed by atoms with Crippen LogP contribution in [0.3, 0.4) is 0 Å². The van der Waals surface area contributed by atoms with Gasteiger partial charge in [-0.3, -0.25) is 4.79 Å². The minimum Gasteiger partial charge on any atom is -0.343 e. The molecule has 1 amide bonds. The van der Waals surface area contributed by atoms with Gasteiger partial charge in [0.25, 0.3) is 5.91 Å². The summed E-state index contributed by atoms with van der Waals surface area (Å²) in [5.41, 5.74) is 2.96. The number of aryl methyl sites for hydroxylation is 1. The van der Waals surface area contributed by atoms with Crippen LogP contribution in [0.2, 0.25) is 5.02 Å². The Labute approximate surface area is 191 Å². The number of amides is 1. The molecule has 0 saturated heterocycles. The number of nitrogens with one attached hydrogen (secondary N) is 1. The molecule has 0 saturated carbocycles. The molecule has 0 aliphatic rings. The maximum Gasteiger partial charge on any atom is 0.273 e. The second-order valence-electron chi connectivity index (χ2n) is 6.70. The molecular weight excluding hydrogens is 486 g/mol. The Bertz CT molecular complexity index is 1190. The van der Waals surface area contributed by atoms with Crippen molar-refractivity contribution < 1.29 is 4.79 Å². The summed E-state index contributed by atoms with van der Waals surface area (Å²) in [5, 5.41) is 12.6. The SMILES string of the molecule is Cc1nc(-c2ccc(Br)cc2)sc1C(C)NC(=O)c1cn(-c2ccc(Cl)cc2)nn1. The van der Waals surface area contributed by atoms with Crippen LogP contribution < -0.4 is 5.32 Å². The molecular formula is C21H17BrClN5OS. The summed E-state index contributed by atoms with van der Waals surface area (Å²) in [6, 6.07) is 14.9. The highest BCUT2D eigenvalue weighted by molar-refractivity contribution is 9.10. The van der Waals surface area contributed by atoms with E-state index in [1.807, 2.05) is 50.2 Å². The van der Waals surface area contributed by atoms with Gasteiger partial charge in [0.1, 0.15) is 5.01 Å². The van der Waals surface area contributed by atoms with Crippen molar-refractivity contribution >= 4 is 44.8 Å². The van der Waals surface area contributed by atoms with Crippen molar-refractivity contribution in [3.05, 3.63) is 80.5 Å². The second kappa shape index (κ2) is 8.67. The van der Waals surface area contributed by atoms with Crippen molar-refractivity contribution in [2.75, 3.05) is 0 Å². The molecule has 0 fully saturated rings. The molecule has 4 rings (SSSR count). The third kappa shape index (κ3) is 4.45. The van der Waals surface area contributed by atoms with Gasteiger partial charge in [-0.2, -0.15) is 0 Å². The zero-order valence-electron chi connectivity index (χ0n) is 16.1. The number of aromatic nitrogens is 4. The molecule has 9 heteroatoms. The van der Waals surface area contributed by atoms with Gasteiger partial charge in [0, 0.05) is 15.1 Å². The molecule has 0 aliphatic carbocycles. The first-order chi connectivity index (χ1) is 14.4. The number of halogens is 2. The summed E-state index contributed by atoms with van der Waals surface area (Å²) >= 11 is 10.9. The smallest absolute Gasteiger partial charge is 0.273 e. The van der Waals surface area contributed by atoms with Crippen LogP contribution in [0, 0.1) is 6.92 Å². The minimum absolute atomic E-state index is 0.208. The van der Waals surface area contributed by atoms with E-state index in [1.165, 1.54) is 0 Å². The zero-order valence-corrected chi connectivity index (χ0v) is 19.3. The Morgan fingerprint density at radius 3 is 2.57 bits per heavy atom. The van der Waals surface area contributed by atoms with Gasteiger partial charge in [-0.25, -0.2) is 9.67 Å². The molecule has 6 nitrogen and oxygen atoms in total. The van der Waals surface area contributed by atoms with E-state index in [-0.39, 0.29) is 17.6 Å². The third-order valence-electron chi connectivity index (χ3n) is 4.48. The van der Waals surface area contributed by atoms with Crippen LogP contribution in [0.25, 0.3) is 16.3 Å². The Kier molecular flexibility index (Phi) is 5.99. The summed E-state index contributed by atoms with van der Waals surface area (Å²) in [6.07, 6.45) is 1.60. The van der Waals surface area contributed by atoms with Crippen molar-refractivity contribution in [1.29, 1.82) is 0 Å². The van der Waals surface area contributed by atoms with Crippen molar-refractivity contribution in [3.63, 3.8) is 0 Å². The highest BCUT2D eigenvalue weighted by Crippen LogP contribution is 2.32. The van der Waals surface area contributed by atoms with Crippen molar-refractivity contribution in [1.82, 2.24) is 25.3 Å². The molecule has 2 heterocycles. The predicted octanol–water partition coefficient (Wildman–Crippen LogP) is 5.61. The van der Waals surface area contributed by atoms with Crippen LogP contribution in [0.4, 0.5) is 0 Å². The van der Waals surface area contributed by atoms with Gasteiger partial charge in [0.2, 0.25) is 0 Å². The first-order valence-electron chi connectivity index (χ1n) is 9.13. The highest BCUT2D eigenvalue weighted by atomic mass is 79.9. The minimum atomic E-state index is -0.291. The molecule has 0 radical (unpaired) electrons. The summed E-state index contributed by atoms with van der Waals surface area (Å²) < 4.78 is 2.56. The van der Waals surface area contributed by atoms with Gasteiger partial charge in [-0.05, 0) is 50.2 Å². The number of thiazole rings is 1. The largest absolute Gasteiger partial charge is 0.343 e. The molecule has 0 bridgehead atoms. The molecule has 2 aromatic heterocycles. The Balaban J connectivity index is 1.49. The molecule has 1 atom stereocenters. The molecule has 152 valence electrons. The maximum atomic E-state index is 12.7. The quantitative estimate of drug-likeness (QED) is 0.385. The number of nitrogens with zero attached hydrogens (tertiary/aromatic N) is 4. The lowest BCUT2D eigenvalue weighted by Crippen LogP contribution is -2.26. The van der Waals surface area contributed by atoms with Crippen LogP contribution in [0.15, 0.2) is 59.2 Å². The molecule has 4 aromatic rings. The molecule has 0 aliphatic heterocycles. The van der Waals surface area contributed by atoms with Gasteiger partial charge in [0.05, 0.1) is 28.5 Å². The average molecular weight is 503 g/mol. The molecule has 1 unspecified atom stereocenters. The van der Waals surface area contributed by atoms with Gasteiger partial charge in [0.15, 0.2) is 5.69 Å². The van der Waals surface area contributed by atoms with Gasteiger partial charge in [-0.1, -0.05) is 44.9 Å². The number of carbonyl (C=O) groups is 1. The Hall–Kier alpha value is -2.55. The van der Waals surface area contributed by atoms with Crippen molar-refractivity contribution in [3.8, 4) is 16.3 Å². The van der Waals surface area contributed by atoms with E-state index in [1.54, 1.807) is 34.3 Å². The van der Waals surface area contributed by atoms with Crippen molar-refractivity contribution in [2.45, 2.75) is 19.9 Å². The van der Waals surface area contributed by atoms with E-state index >= 15 is 0 Å². The van der Waals surface area contributed by atoms with Crippen LogP contribution >= 0.6 is 38.9 Å². The van der Waals surface area contributed by atoms with Gasteiger partial charge < -0.3 is 5.32 Å². The van der Waals surface area contributed by atoms with E-state index in [0.29, 0.717) is 5.02 Å². The summed E-state index contributed by atoms with van der Waals surface area (Å²) in [7, 11) is 0. The summed E-state index contributed by atoms with van der Waals surface area (Å²) in [4.78, 5) is 18.4. The second-order valence-corrected chi connectivity index (χ2v) is 9.08. The summed E-state index contributed by atoms with van der Waals surface area (Å²) in [5.74, 6) is -0.291. The van der Waals surface area contributed by atoms with Crippen LogP contribution in [-0.2, 0) is 0 Å². The molecule has 0 spiro atoms. The van der Waals surface area contributed by atoms with E-state index in [2.05, 4.69) is 36.5 Å². The van der Waals surface area contributed by atoms with E-state index in [4.69, 9.17) is 11.6 Å². The third-order valence-corrected chi connectivity index (χ3v) is 6.65. The highest BCUT2D eigenvalue weighted by Gasteiger charge is 2.20. The molecule has 1 N–H and O–H groups in total. The van der Waals surface area contributed by atoms with E-state index in [9.17, 15) is 4.79 Å². The Morgan fingerprint density at radius 1 is 1.17 bits per heavy atom. The number of hydrogen-bond acceptors (Lipinski definition) is 5. The Morgan fingerprint density at radius 2 is 1.87 bits per heavy atom. The van der Waals surface area contributed by atoms with Crippen molar-refractivity contribution in [2.24, 2.45) is 0 Å². The van der Waals surface area contributed by atoms with Gasteiger partial charge in [-0.15, -0.1) is 16.4 Å². The predicted molar refractivity (Wildman–Crippen MR) is 122 cm³/mol. The molecule has 30 heavy (non-hydrogen) atoms. The first-order valence-corrected chi connectivity index (χ1v) is 11.1. The molecule has 2 aromatic carbocycles. The fourth-order valence-electron chi connectivity index (χ4n) is 2.95. The monoisotopic (exact) mass is 501 g/mol. The number of benzene rings is 2. The first kappa shape index (κ1) is 20.7. The van der Waals surface area contributed by atoms with Crippen LogP contribution in [0.5, 0.6) is 0 Å².